The van der Waals surface area contributed by atoms with E-state index in [4.69, 9.17) is 18.6 Å². The van der Waals surface area contributed by atoms with E-state index < -0.39 is 34.9 Å². The van der Waals surface area contributed by atoms with E-state index in [0.717, 1.165) is 5.56 Å². The van der Waals surface area contributed by atoms with Crippen molar-refractivity contribution >= 4 is 6.08 Å². The Morgan fingerprint density at radius 2 is 1.74 bits per heavy atom. The second-order valence-corrected chi connectivity index (χ2v) is 10.5. The Labute approximate surface area is 200 Å². The predicted molar refractivity (Wildman–Crippen MR) is 129 cm³/mol. The van der Waals surface area contributed by atoms with Crippen molar-refractivity contribution in [2.75, 3.05) is 0 Å². The van der Waals surface area contributed by atoms with Gasteiger partial charge >= 0.3 is 5.63 Å². The minimum absolute atomic E-state index is 0.106. The molecule has 1 aromatic heterocycles. The summed E-state index contributed by atoms with van der Waals surface area (Å²) in [4.78, 5) is 12.6. The summed E-state index contributed by atoms with van der Waals surface area (Å²) in [5.41, 5.74) is -1.48. The van der Waals surface area contributed by atoms with Crippen molar-refractivity contribution in [3.8, 4) is 5.75 Å². The molecule has 3 aliphatic heterocycles. The first kappa shape index (κ1) is 24.9. The van der Waals surface area contributed by atoms with Gasteiger partial charge in [0.05, 0.1) is 23.2 Å². The fourth-order valence-electron chi connectivity index (χ4n) is 5.28. The molecule has 7 atom stereocenters. The summed E-state index contributed by atoms with van der Waals surface area (Å²) < 4.78 is 23.3. The number of aliphatic hydroxyl groups excluding tert-OH is 1. The highest BCUT2D eigenvalue weighted by atomic mass is 16.7. The summed E-state index contributed by atoms with van der Waals surface area (Å²) >= 11 is 0. The van der Waals surface area contributed by atoms with Gasteiger partial charge < -0.3 is 28.8 Å². The third-order valence-corrected chi connectivity index (χ3v) is 8.25. The molecule has 7 heteroatoms. The van der Waals surface area contributed by atoms with Gasteiger partial charge in [0.15, 0.2) is 6.29 Å². The molecule has 0 aliphatic carbocycles. The van der Waals surface area contributed by atoms with Crippen LogP contribution in [0.3, 0.4) is 0 Å². The molecule has 3 aliphatic rings. The first-order chi connectivity index (χ1) is 15.9. The second kappa shape index (κ2) is 8.48. The molecule has 0 radical (unpaired) electrons. The molecule has 186 valence electrons. The van der Waals surface area contributed by atoms with Gasteiger partial charge in [-0.2, -0.15) is 0 Å². The smallest absolute Gasteiger partial charge is 0.343 e. The average molecular weight is 473 g/mol. The van der Waals surface area contributed by atoms with Crippen LogP contribution in [0.25, 0.3) is 6.08 Å². The van der Waals surface area contributed by atoms with Crippen LogP contribution in [0.4, 0.5) is 0 Å². The van der Waals surface area contributed by atoms with E-state index in [1.807, 2.05) is 41.5 Å². The number of rotatable bonds is 5. The lowest BCUT2D eigenvalue weighted by Crippen LogP contribution is -2.54. The highest BCUT2D eigenvalue weighted by Crippen LogP contribution is 2.55. The monoisotopic (exact) mass is 472 g/mol. The van der Waals surface area contributed by atoms with Crippen molar-refractivity contribution in [1.82, 2.24) is 0 Å². The minimum atomic E-state index is -1.19. The number of hydrogen-bond acceptors (Lipinski definition) is 7. The fraction of sp³-hybridized carbons (Fsp3) is 0.593. The van der Waals surface area contributed by atoms with Crippen LogP contribution in [0.15, 0.2) is 39.6 Å². The summed E-state index contributed by atoms with van der Waals surface area (Å²) in [6.07, 6.45) is 8.59. The lowest BCUT2D eigenvalue weighted by molar-refractivity contribution is -0.144. The zero-order chi connectivity index (χ0) is 25.1. The Hall–Kier alpha value is -2.19. The molecular weight excluding hydrogens is 436 g/mol. The Bertz CT molecular complexity index is 1090. The predicted octanol–water partition coefficient (Wildman–Crippen LogP) is 3.78. The van der Waals surface area contributed by atoms with Crippen molar-refractivity contribution in [3.05, 3.63) is 57.7 Å². The topological polar surface area (TPSA) is 98.4 Å². The summed E-state index contributed by atoms with van der Waals surface area (Å²) in [6, 6.07) is 0. The molecule has 2 N–H and O–H groups in total. The zero-order valence-corrected chi connectivity index (χ0v) is 21.0. The molecule has 0 aromatic carbocycles. The van der Waals surface area contributed by atoms with Gasteiger partial charge in [-0.05, 0) is 40.2 Å². The average Bonchev–Trinajstić information content (AvgIpc) is 3.25. The van der Waals surface area contributed by atoms with Crippen molar-refractivity contribution in [1.29, 1.82) is 0 Å². The summed E-state index contributed by atoms with van der Waals surface area (Å²) in [7, 11) is 0. The first-order valence-electron chi connectivity index (χ1n) is 11.9. The molecule has 0 spiro atoms. The molecule has 4 heterocycles. The first-order valence-corrected chi connectivity index (χ1v) is 11.9. The fourth-order valence-corrected chi connectivity index (χ4v) is 5.28. The number of allylic oxidation sites excluding steroid dienone is 4. The molecule has 2 saturated heterocycles. The van der Waals surface area contributed by atoms with Gasteiger partial charge in [-0.1, -0.05) is 51.2 Å². The SMILES string of the molecule is CC[C@H]1O[C@H]2O[C@H](/C=C/C=C/C=C/c3oc(=O)c4c(c3C)O[C@H](C)C4(C)C)[C@H](O)[C@]2(C)[C@@]1(C)O. The molecular formula is C27H36O7. The summed E-state index contributed by atoms with van der Waals surface area (Å²) in [5.74, 6) is 1.08. The highest BCUT2D eigenvalue weighted by Gasteiger charge is 2.69. The van der Waals surface area contributed by atoms with Gasteiger partial charge in [-0.3, -0.25) is 0 Å². The molecule has 0 bridgehead atoms. The molecule has 4 rings (SSSR count). The largest absolute Gasteiger partial charge is 0.489 e. The number of fused-ring (bicyclic) bond motifs is 2. The van der Waals surface area contributed by atoms with E-state index in [2.05, 4.69) is 0 Å². The lowest BCUT2D eigenvalue weighted by atomic mass is 9.69. The number of ether oxygens (including phenoxy) is 3. The van der Waals surface area contributed by atoms with Crippen LogP contribution in [0.2, 0.25) is 0 Å². The number of aliphatic hydroxyl groups is 2. The van der Waals surface area contributed by atoms with Crippen LogP contribution in [-0.4, -0.2) is 46.5 Å². The molecule has 0 amide bonds. The molecule has 34 heavy (non-hydrogen) atoms. The van der Waals surface area contributed by atoms with Gasteiger partial charge in [0, 0.05) is 11.0 Å². The maximum absolute atomic E-state index is 12.6. The van der Waals surface area contributed by atoms with Crippen LogP contribution in [-0.2, 0) is 14.9 Å². The van der Waals surface area contributed by atoms with Gasteiger partial charge in [0.1, 0.15) is 29.3 Å². The summed E-state index contributed by atoms with van der Waals surface area (Å²) in [5, 5.41) is 21.9. The molecule has 2 fully saturated rings. The highest BCUT2D eigenvalue weighted by molar-refractivity contribution is 5.57. The van der Waals surface area contributed by atoms with E-state index in [1.165, 1.54) is 0 Å². The van der Waals surface area contributed by atoms with Crippen molar-refractivity contribution in [2.45, 2.75) is 96.6 Å². The zero-order valence-electron chi connectivity index (χ0n) is 21.0. The van der Waals surface area contributed by atoms with E-state index in [-0.39, 0.29) is 17.8 Å². The normalized spacial score (nSPS) is 38.8. The van der Waals surface area contributed by atoms with Crippen LogP contribution in [0.1, 0.15) is 64.9 Å². The minimum Gasteiger partial charge on any atom is -0.489 e. The molecule has 0 saturated carbocycles. The summed E-state index contributed by atoms with van der Waals surface area (Å²) in [6.45, 7) is 13.3. The van der Waals surface area contributed by atoms with Crippen molar-refractivity contribution < 1.29 is 28.8 Å². The van der Waals surface area contributed by atoms with Gasteiger partial charge in [-0.15, -0.1) is 0 Å². The maximum Gasteiger partial charge on any atom is 0.343 e. The van der Waals surface area contributed by atoms with Crippen LogP contribution in [0, 0.1) is 12.3 Å². The third kappa shape index (κ3) is 3.52. The van der Waals surface area contributed by atoms with Crippen LogP contribution in [0.5, 0.6) is 5.75 Å². The Kier molecular flexibility index (Phi) is 6.22. The molecule has 0 unspecified atom stereocenters. The number of hydrogen-bond donors (Lipinski definition) is 2. The van der Waals surface area contributed by atoms with E-state index >= 15 is 0 Å². The Balaban J connectivity index is 1.43. The van der Waals surface area contributed by atoms with E-state index in [1.54, 1.807) is 43.4 Å². The standard InChI is InChI=1S/C27H36O7/c1-8-19-27(7,30)26(6)22(28)18(33-24(26)34-19)14-12-10-9-11-13-17-15(2)21-20(23(29)32-17)25(4,5)16(3)31-21/h9-14,16,18-19,22,24,28,30H,8H2,1-7H3/b10-9+,13-11+,14-12+/t16-,18-,19-,22+,24-,26+,27+/m1/s1. The van der Waals surface area contributed by atoms with E-state index in [0.29, 0.717) is 23.5 Å². The van der Waals surface area contributed by atoms with Crippen molar-refractivity contribution in [2.24, 2.45) is 5.41 Å². The van der Waals surface area contributed by atoms with Gasteiger partial charge in [0.25, 0.3) is 0 Å². The molecule has 7 nitrogen and oxygen atoms in total. The van der Waals surface area contributed by atoms with Gasteiger partial charge in [-0.25, -0.2) is 4.79 Å². The Morgan fingerprint density at radius 1 is 1.06 bits per heavy atom. The lowest BCUT2D eigenvalue weighted by Gasteiger charge is -2.38. The molecule has 1 aromatic rings. The van der Waals surface area contributed by atoms with Crippen LogP contribution >= 0.6 is 0 Å². The van der Waals surface area contributed by atoms with Gasteiger partial charge in [0.2, 0.25) is 0 Å². The Morgan fingerprint density at radius 3 is 2.38 bits per heavy atom. The quantitative estimate of drug-likeness (QED) is 0.629. The maximum atomic E-state index is 12.6. The van der Waals surface area contributed by atoms with Crippen molar-refractivity contribution in [3.63, 3.8) is 0 Å². The second-order valence-electron chi connectivity index (χ2n) is 10.5. The van der Waals surface area contributed by atoms with E-state index in [9.17, 15) is 15.0 Å². The van der Waals surface area contributed by atoms with Crippen LogP contribution < -0.4 is 10.4 Å². The third-order valence-electron chi connectivity index (χ3n) is 8.25.